The second-order valence-corrected chi connectivity index (χ2v) is 4.51. The quantitative estimate of drug-likeness (QED) is 0.519. The largest absolute Gasteiger partial charge is 2.00 e. The van der Waals surface area contributed by atoms with Crippen molar-refractivity contribution in [3.05, 3.63) is 22.8 Å². The van der Waals surface area contributed by atoms with Crippen molar-refractivity contribution >= 4 is 15.6 Å². The minimum absolute atomic E-state index is 0. The molecular formula is C8H9F3O4SU. The monoisotopic (exact) mass is 496 g/mol. The van der Waals surface area contributed by atoms with E-state index in [1.807, 2.05) is 20.3 Å². The second-order valence-electron chi connectivity index (χ2n) is 2.78. The van der Waals surface area contributed by atoms with Crippen LogP contribution in [0, 0.1) is 43.3 Å². The first kappa shape index (κ1) is 19.2. The maximum atomic E-state index is 11.9. The van der Waals surface area contributed by atoms with E-state index in [2.05, 4.69) is 0 Å². The van der Waals surface area contributed by atoms with Crippen LogP contribution in [0.25, 0.3) is 0 Å². The van der Waals surface area contributed by atoms with Crippen LogP contribution in [0.5, 0.6) is 0 Å². The molecule has 0 aromatic heterocycles. The van der Waals surface area contributed by atoms with Crippen molar-refractivity contribution in [1.82, 2.24) is 0 Å². The van der Waals surface area contributed by atoms with Gasteiger partial charge in [0.2, 0.25) is 0 Å². The number of halogens is 3. The van der Waals surface area contributed by atoms with Crippen molar-refractivity contribution in [3.8, 4) is 0 Å². The van der Waals surface area contributed by atoms with E-state index in [1.54, 1.807) is 0 Å². The molecule has 0 bridgehead atoms. The molecule has 0 radical (unpaired) electrons. The molecule has 0 saturated carbocycles. The Morgan fingerprint density at radius 2 is 1.65 bits per heavy atom. The summed E-state index contributed by atoms with van der Waals surface area (Å²) in [5, 5.41) is 8.53. The molecule has 0 fully saturated rings. The number of hydrogen-bond acceptors (Lipinski definition) is 4. The molecule has 9 heteroatoms. The fourth-order valence-electron chi connectivity index (χ4n) is 0.798. The van der Waals surface area contributed by atoms with Crippen LogP contribution in [0.2, 0.25) is 0 Å². The Morgan fingerprint density at radius 3 is 1.76 bits per heavy atom. The summed E-state index contributed by atoms with van der Waals surface area (Å²) in [4.78, 5) is 8.21. The maximum Gasteiger partial charge on any atom is 2.00 e. The van der Waals surface area contributed by atoms with Gasteiger partial charge in [-0.15, -0.1) is 0 Å². The van der Waals surface area contributed by atoms with Gasteiger partial charge in [0.15, 0.2) is 0 Å². The molecule has 0 atom stereocenters. The van der Waals surface area contributed by atoms with Crippen LogP contribution < -0.4 is 0 Å². The number of carbonyl (C=O) groups is 1. The molecule has 1 rings (SSSR count). The molecule has 0 saturated heterocycles. The molecule has 0 amide bonds. The Kier molecular flexibility index (Phi) is 7.59. The van der Waals surface area contributed by atoms with Gasteiger partial charge in [-0.1, -0.05) is 5.75 Å². The smallest absolute Gasteiger partial charge is 0.588 e. The molecule has 1 aliphatic heterocycles. The van der Waals surface area contributed by atoms with Crippen LogP contribution in [-0.4, -0.2) is 25.5 Å². The third-order valence-electron chi connectivity index (χ3n) is 1.25. The van der Waals surface area contributed by atoms with Crippen molar-refractivity contribution in [2.45, 2.75) is 20.0 Å². The van der Waals surface area contributed by atoms with E-state index < -0.39 is 32.5 Å². The van der Waals surface area contributed by atoms with Gasteiger partial charge < -0.3 is 16.3 Å². The molecule has 0 spiro atoms. The van der Waals surface area contributed by atoms with Crippen LogP contribution in [0.1, 0.15) is 13.8 Å². The Balaban J connectivity index is 0. The van der Waals surface area contributed by atoms with E-state index >= 15 is 0 Å². The summed E-state index contributed by atoms with van der Waals surface area (Å²) < 4.78 is 57.0. The minimum Gasteiger partial charge on any atom is -0.588 e. The van der Waals surface area contributed by atoms with Crippen LogP contribution in [-0.2, 0) is 14.6 Å². The van der Waals surface area contributed by atoms with Crippen LogP contribution in [0.15, 0.2) is 10.7 Å². The number of allylic oxidation sites excluding steroid dienone is 2. The summed E-state index contributed by atoms with van der Waals surface area (Å²) in [5.41, 5.74) is 0. The average Bonchev–Trinajstić information content (AvgIpc) is 2.20. The zero-order valence-corrected chi connectivity index (χ0v) is 13.8. The number of rotatable bonds is 0. The van der Waals surface area contributed by atoms with Crippen molar-refractivity contribution < 1.29 is 62.6 Å². The Labute approximate surface area is 121 Å². The topological polar surface area (TPSA) is 71.4 Å². The van der Waals surface area contributed by atoms with Gasteiger partial charge in [-0.3, -0.25) is 0 Å². The molecular weight excluding hydrogens is 487 g/mol. The Morgan fingerprint density at radius 1 is 1.29 bits per heavy atom. The van der Waals surface area contributed by atoms with E-state index in [1.165, 1.54) is 0 Å². The molecule has 4 nitrogen and oxygen atoms in total. The average molecular weight is 496 g/mol. The summed E-state index contributed by atoms with van der Waals surface area (Å²) in [7, 11) is -4.81. The molecule has 1 heterocycles. The summed E-state index contributed by atoms with van der Waals surface area (Å²) in [6.45, 7) is 4.00. The summed E-state index contributed by atoms with van der Waals surface area (Å²) >= 11 is 0. The third-order valence-corrected chi connectivity index (χ3v) is 2.77. The number of sulfone groups is 1. The van der Waals surface area contributed by atoms with Crippen molar-refractivity contribution in [2.75, 3.05) is 0 Å². The van der Waals surface area contributed by atoms with Gasteiger partial charge in [-0.25, -0.2) is 8.42 Å². The molecule has 0 aliphatic carbocycles. The van der Waals surface area contributed by atoms with Crippen molar-refractivity contribution in [2.24, 2.45) is 0 Å². The first-order valence-electron chi connectivity index (χ1n) is 3.96. The van der Waals surface area contributed by atoms with E-state index in [9.17, 15) is 26.4 Å². The van der Waals surface area contributed by atoms with Gasteiger partial charge in [0.05, 0.1) is 10.7 Å². The number of ketones is 1. The Bertz CT molecular complexity index is 411. The fraction of sp³-hybridized carbons (Fsp3) is 0.375. The number of alkyl halides is 3. The molecule has 0 aromatic carbocycles. The number of aliphatic hydroxyl groups excluding tert-OH is 1. The van der Waals surface area contributed by atoms with Crippen LogP contribution in [0.3, 0.4) is 0 Å². The van der Waals surface area contributed by atoms with Gasteiger partial charge in [0.1, 0.15) is 9.84 Å². The zero-order valence-electron chi connectivity index (χ0n) is 8.87. The number of Topliss-reactive ketones (excluding diaryl/α,β-unsaturated/α-hetero) is 1. The van der Waals surface area contributed by atoms with Crippen molar-refractivity contribution in [1.29, 1.82) is 0 Å². The first-order valence-corrected chi connectivity index (χ1v) is 5.51. The van der Waals surface area contributed by atoms with E-state index in [-0.39, 0.29) is 36.9 Å². The normalized spacial score (nSPS) is 17.8. The molecule has 17 heavy (non-hydrogen) atoms. The SMILES string of the molecule is C[CH-]C.O=C1[CH-]S(=O)(=O)C(C(F)(F)F)=C1O.[U+2]. The summed E-state index contributed by atoms with van der Waals surface area (Å²) in [6, 6.07) is 0. The maximum absolute atomic E-state index is 11.9. The minimum atomic E-state index is -5.24. The van der Waals surface area contributed by atoms with E-state index in [0.29, 0.717) is 0 Å². The van der Waals surface area contributed by atoms with E-state index in [0.717, 1.165) is 0 Å². The standard InChI is InChI=1S/C5H2F3O4S.C3H7.U/c6-5(7,8)4-3(10)2(9)1-13(4,11)12;1-3-2;/h1,10H;3H,1-2H3;/q2*-1;+2. The predicted octanol–water partition coefficient (Wildman–Crippen LogP) is 1.71. The summed E-state index contributed by atoms with van der Waals surface area (Å²) in [5.74, 6) is -3.48. The third kappa shape index (κ3) is 4.94. The first-order chi connectivity index (χ1) is 7.07. The van der Waals surface area contributed by atoms with Gasteiger partial charge in [-0.2, -0.15) is 27.0 Å². The van der Waals surface area contributed by atoms with E-state index in [4.69, 9.17) is 5.11 Å². The summed E-state index contributed by atoms with van der Waals surface area (Å²) in [6.07, 6.45) is -3.24. The van der Waals surface area contributed by atoms with Crippen LogP contribution >= 0.6 is 0 Å². The second kappa shape index (κ2) is 6.71. The van der Waals surface area contributed by atoms with Crippen LogP contribution in [0.4, 0.5) is 13.2 Å². The van der Waals surface area contributed by atoms with Crippen molar-refractivity contribution in [3.63, 3.8) is 0 Å². The molecule has 0 aromatic rings. The van der Waals surface area contributed by atoms with Gasteiger partial charge in [0.25, 0.3) is 0 Å². The fourth-order valence-corrected chi connectivity index (χ4v) is 2.00. The number of carbonyl (C=O) groups excluding carboxylic acids is 1. The molecule has 0 unspecified atom stereocenters. The number of aliphatic hydroxyl groups is 1. The zero-order chi connectivity index (χ0) is 13.1. The van der Waals surface area contributed by atoms with Gasteiger partial charge >= 0.3 is 37.3 Å². The molecule has 1 N–H and O–H groups in total. The van der Waals surface area contributed by atoms with Gasteiger partial charge in [0, 0.05) is 5.76 Å². The Hall–Kier alpha value is -0.128. The molecule has 96 valence electrons. The predicted molar refractivity (Wildman–Crippen MR) is 49.6 cm³/mol. The molecule has 1 aliphatic rings. The van der Waals surface area contributed by atoms with Gasteiger partial charge in [-0.05, 0) is 0 Å². The number of hydrogen-bond donors (Lipinski definition) is 1.